The first kappa shape index (κ1) is 24.2. The van der Waals surface area contributed by atoms with E-state index in [0.717, 1.165) is 5.19 Å². The van der Waals surface area contributed by atoms with E-state index in [4.69, 9.17) is 23.1 Å². The smallest absolute Gasteiger partial charge is 0.625 e. The predicted octanol–water partition coefficient (Wildman–Crippen LogP) is 0.666. The molecule has 7 radical (unpaired) electrons. The molecule has 0 aliphatic heterocycles. The number of rotatable bonds is 9. The van der Waals surface area contributed by atoms with Crippen molar-refractivity contribution in [1.29, 1.82) is 0 Å². The second-order valence-electron chi connectivity index (χ2n) is 4.84. The van der Waals surface area contributed by atoms with Crippen molar-refractivity contribution in [3.63, 3.8) is 0 Å². The second-order valence-corrected chi connectivity index (χ2v) is 10.0. The Hall–Kier alpha value is -0.832. The fraction of sp³-hybridized carbons (Fsp3) is 0.571. The Bertz CT molecular complexity index is 501. The van der Waals surface area contributed by atoms with Crippen LogP contribution in [0.1, 0.15) is 0 Å². The highest BCUT2D eigenvalue weighted by atomic mass is 28.3. The summed E-state index contributed by atoms with van der Waals surface area (Å²) in [5.74, 6) is 2.28. The fourth-order valence-corrected chi connectivity index (χ4v) is 4.07. The van der Waals surface area contributed by atoms with Crippen LogP contribution in [0.25, 0.3) is 0 Å². The molecule has 0 N–H and O–H groups in total. The van der Waals surface area contributed by atoms with Crippen molar-refractivity contribution in [3.8, 4) is 23.0 Å². The zero-order chi connectivity index (χ0) is 19.4. The maximum atomic E-state index is 5.74. The molecule has 1 aromatic carbocycles. The maximum Gasteiger partial charge on any atom is 0.749 e. The van der Waals surface area contributed by atoms with Crippen molar-refractivity contribution < 1.29 is 31.2 Å². The highest BCUT2D eigenvalue weighted by Gasteiger charge is 2.21. The zero-order valence-corrected chi connectivity index (χ0v) is 19.9. The Balaban J connectivity index is 0.000000823. The van der Waals surface area contributed by atoms with E-state index in [1.807, 2.05) is 20.3 Å². The topological polar surface area (TPSA) is 58.1 Å². The normalized spacial score (nSPS) is 10.4. The van der Waals surface area contributed by atoms with Crippen LogP contribution in [0.4, 0.5) is 0 Å². The Morgan fingerprint density at radius 2 is 1.48 bits per heavy atom. The predicted molar refractivity (Wildman–Crippen MR) is 102 cm³/mol. The van der Waals surface area contributed by atoms with Gasteiger partial charge in [-0.15, -0.1) is 9.04 Å². The lowest BCUT2D eigenvalue weighted by molar-refractivity contribution is 0.104. The summed E-state index contributed by atoms with van der Waals surface area (Å²) in [6.45, 7) is 4.17. The van der Waals surface area contributed by atoms with Crippen molar-refractivity contribution in [2.75, 3.05) is 42.7 Å². The molecule has 0 saturated heterocycles. The number of benzene rings is 1. The molecule has 25 heavy (non-hydrogen) atoms. The van der Waals surface area contributed by atoms with Gasteiger partial charge in [-0.05, 0) is 6.07 Å². The molecule has 0 unspecified atom stereocenters. The molecular weight excluding hydrogens is 392 g/mol. The van der Waals surface area contributed by atoms with Crippen LogP contribution in [-0.2, 0) is 12.3 Å². The number of methoxy groups -OCH3 is 4. The molecule has 0 heterocycles. The summed E-state index contributed by atoms with van der Waals surface area (Å²) < 4.78 is 34.3. The molecule has 0 aromatic heterocycles. The van der Waals surface area contributed by atoms with Gasteiger partial charge < -0.3 is 31.2 Å². The van der Waals surface area contributed by atoms with Gasteiger partial charge >= 0.3 is 10.0 Å². The van der Waals surface area contributed by atoms with E-state index in [1.165, 1.54) is 0 Å². The van der Waals surface area contributed by atoms with Gasteiger partial charge in [0.2, 0.25) is 31.7 Å². The lowest BCUT2D eigenvalue weighted by Crippen LogP contribution is -2.25. The van der Waals surface area contributed by atoms with Gasteiger partial charge in [0.15, 0.2) is 11.5 Å². The van der Waals surface area contributed by atoms with E-state index in [2.05, 4.69) is 31.8 Å². The number of hydrogen-bond donors (Lipinski definition) is 0. The average Bonchev–Trinajstić information content (AvgIpc) is 2.58. The van der Waals surface area contributed by atoms with Crippen molar-refractivity contribution in [2.45, 2.75) is 13.1 Å². The second kappa shape index (κ2) is 13.4. The third-order valence-corrected chi connectivity index (χ3v) is 5.86. The van der Waals surface area contributed by atoms with Crippen LogP contribution in [0.15, 0.2) is 6.07 Å². The van der Waals surface area contributed by atoms with Gasteiger partial charge in [0.25, 0.3) is 0 Å². The third kappa shape index (κ3) is 8.39. The lowest BCUT2D eigenvalue weighted by Gasteiger charge is -2.22. The number of hydrogen-bond acceptors (Lipinski definition) is 6. The van der Waals surface area contributed by atoms with Gasteiger partial charge in [-0.25, -0.2) is 0 Å². The molecule has 0 fully saturated rings. The molecule has 1 rings (SSSR count). The van der Waals surface area contributed by atoms with Gasteiger partial charge in [-0.1, -0.05) is 0 Å². The Labute approximate surface area is 160 Å². The zero-order valence-electron chi connectivity index (χ0n) is 15.9. The van der Waals surface area contributed by atoms with Crippen LogP contribution in [0.3, 0.4) is 0 Å². The summed E-state index contributed by atoms with van der Waals surface area (Å²) in [7, 11) is 12.6. The highest BCUT2D eigenvalue weighted by molar-refractivity contribution is 6.62. The molecule has 0 saturated carbocycles. The van der Waals surface area contributed by atoms with Gasteiger partial charge in [-0.3, -0.25) is 0 Å². The molecule has 0 spiro atoms. The van der Waals surface area contributed by atoms with Crippen molar-refractivity contribution in [2.24, 2.45) is 0 Å². The molecule has 139 valence electrons. The van der Waals surface area contributed by atoms with E-state index in [1.54, 1.807) is 28.4 Å². The summed E-state index contributed by atoms with van der Waals surface area (Å²) in [4.78, 5) is 0. The quantitative estimate of drug-likeness (QED) is 0.435. The van der Waals surface area contributed by atoms with Crippen LogP contribution in [0, 0.1) is 0 Å². The SMILES string of the molecule is COc1cc([Si]O[Si-](C)C)c(OC)c(OC)c1OC.C[O+](C)[Si]O[Si]. The van der Waals surface area contributed by atoms with E-state index < -0.39 is 9.04 Å². The van der Waals surface area contributed by atoms with Crippen molar-refractivity contribution >= 4 is 44.5 Å². The van der Waals surface area contributed by atoms with Crippen LogP contribution >= 0.6 is 0 Å². The minimum atomic E-state index is -0.767. The molecule has 0 bridgehead atoms. The first-order valence-corrected chi connectivity index (χ1v) is 11.7. The molecule has 7 nitrogen and oxygen atoms in total. The molecule has 0 amide bonds. The molecule has 0 aliphatic rings. The summed E-state index contributed by atoms with van der Waals surface area (Å²) in [6.07, 6.45) is 0. The summed E-state index contributed by atoms with van der Waals surface area (Å²) in [6, 6.07) is 1.86. The maximum absolute atomic E-state index is 5.74. The fourth-order valence-electron chi connectivity index (χ4n) is 1.65. The van der Waals surface area contributed by atoms with E-state index >= 15 is 0 Å². The van der Waals surface area contributed by atoms with Gasteiger partial charge in [0, 0.05) is 5.19 Å². The Kier molecular flexibility index (Phi) is 12.9. The lowest BCUT2D eigenvalue weighted by atomic mass is 10.2. The van der Waals surface area contributed by atoms with Gasteiger partial charge in [0.05, 0.1) is 28.4 Å². The molecular formula is C14H25O7Si4. The minimum absolute atomic E-state index is 0.192. The monoisotopic (exact) mass is 417 g/mol. The standard InChI is InChI=1S/C12H19O5Si2.C2H6O2Si2/c1-13-8-7-9(18-17-19(5)6)11(15-3)12(16-4)10(8)14-2;1-4(2)6-3-5/h7H,1-6H3;1-2H3/q-1;+1. The first-order valence-electron chi connectivity index (χ1n) is 7.11. The Morgan fingerprint density at radius 1 is 0.920 bits per heavy atom. The van der Waals surface area contributed by atoms with Crippen LogP contribution in [0.2, 0.25) is 13.1 Å². The number of ether oxygens (including phenoxy) is 4. The minimum Gasteiger partial charge on any atom is -0.625 e. The van der Waals surface area contributed by atoms with Crippen molar-refractivity contribution in [3.05, 3.63) is 6.07 Å². The third-order valence-electron chi connectivity index (χ3n) is 2.56. The summed E-state index contributed by atoms with van der Waals surface area (Å²) >= 11 is 0. The van der Waals surface area contributed by atoms with Crippen LogP contribution in [0.5, 0.6) is 23.0 Å². The van der Waals surface area contributed by atoms with Gasteiger partial charge in [0.1, 0.15) is 14.2 Å². The molecule has 1 aromatic rings. The van der Waals surface area contributed by atoms with Gasteiger partial charge in [-0.2, -0.15) is 13.1 Å². The largest absolute Gasteiger partial charge is 0.749 e. The molecule has 0 atom stereocenters. The van der Waals surface area contributed by atoms with E-state index in [9.17, 15) is 0 Å². The van der Waals surface area contributed by atoms with Crippen LogP contribution in [-0.4, -0.2) is 82.0 Å². The summed E-state index contributed by atoms with van der Waals surface area (Å²) in [5, 5.41) is 0.906. The van der Waals surface area contributed by atoms with Crippen molar-refractivity contribution in [1.82, 2.24) is 0 Å². The first-order chi connectivity index (χ1) is 11.9. The average molecular weight is 418 g/mol. The van der Waals surface area contributed by atoms with E-state index in [0.29, 0.717) is 33.0 Å². The molecule has 0 aliphatic carbocycles. The highest BCUT2D eigenvalue weighted by Crippen LogP contribution is 2.42. The summed E-state index contributed by atoms with van der Waals surface area (Å²) in [5.41, 5.74) is 0. The van der Waals surface area contributed by atoms with E-state index in [-0.39, 0.29) is 9.76 Å². The Morgan fingerprint density at radius 3 is 1.80 bits per heavy atom. The van der Waals surface area contributed by atoms with Crippen LogP contribution < -0.4 is 24.1 Å². The molecule has 11 heteroatoms.